The summed E-state index contributed by atoms with van der Waals surface area (Å²) in [5.74, 6) is -7.80. The van der Waals surface area contributed by atoms with Gasteiger partial charge in [-0.2, -0.15) is 0 Å². The standard InChI is InChI=1S/C6H8O7.C6H8O6.Ti/c7-3(8)1-6(13,5(11)12)2-4(9)10;7-1-2(8)5-3(9)4(10)6(11)12-5;/h13H,1-2H2,(H,7,8)(H,9,10)(H,11,12);2,5,7-10H,1H2;/t;2-,5+;/m.0./s1. The Bertz CT molecular complexity index is 568. The van der Waals surface area contributed by atoms with Crippen LogP contribution in [0.25, 0.3) is 0 Å². The maximum Gasteiger partial charge on any atom is 0.377 e. The largest absolute Gasteiger partial charge is 0.505 e. The second-order valence-electron chi connectivity index (χ2n) is 4.79. The van der Waals surface area contributed by atoms with Crippen molar-refractivity contribution in [2.45, 2.75) is 30.7 Å². The van der Waals surface area contributed by atoms with E-state index in [4.69, 9.17) is 40.9 Å². The molecule has 0 saturated heterocycles. The second-order valence-corrected chi connectivity index (χ2v) is 4.79. The van der Waals surface area contributed by atoms with Crippen LogP contribution in [0.15, 0.2) is 11.5 Å². The number of carbonyl (C=O) groups excluding carboxylic acids is 1. The Morgan fingerprint density at radius 2 is 1.50 bits per heavy atom. The van der Waals surface area contributed by atoms with Crippen LogP contribution < -0.4 is 0 Å². The number of rotatable bonds is 7. The molecule has 0 aromatic heterocycles. The fourth-order valence-corrected chi connectivity index (χ4v) is 1.54. The maximum atomic E-state index is 10.5. The molecule has 0 unspecified atom stereocenters. The van der Waals surface area contributed by atoms with Crippen LogP contribution in [0, 0.1) is 0 Å². The number of hydrogen-bond donors (Lipinski definition) is 8. The number of hydrogen-bond acceptors (Lipinski definition) is 10. The molecule has 1 heterocycles. The van der Waals surface area contributed by atoms with Crippen LogP contribution in [0.2, 0.25) is 0 Å². The molecule has 0 aromatic carbocycles. The number of ether oxygens (including phenoxy) is 1. The van der Waals surface area contributed by atoms with Crippen molar-refractivity contribution >= 4 is 23.9 Å². The van der Waals surface area contributed by atoms with E-state index in [1.54, 1.807) is 0 Å². The van der Waals surface area contributed by atoms with Gasteiger partial charge in [-0.05, 0) is 0 Å². The average Bonchev–Trinajstić information content (AvgIpc) is 2.73. The summed E-state index contributed by atoms with van der Waals surface area (Å²) >= 11 is 0. The molecule has 0 fully saturated rings. The quantitative estimate of drug-likeness (QED) is 0.156. The van der Waals surface area contributed by atoms with Crippen molar-refractivity contribution in [2.24, 2.45) is 0 Å². The van der Waals surface area contributed by atoms with Gasteiger partial charge in [0.25, 0.3) is 0 Å². The summed E-state index contributed by atoms with van der Waals surface area (Å²) in [6.45, 7) is -0.671. The molecule has 1 aliphatic rings. The Morgan fingerprint density at radius 1 is 1.08 bits per heavy atom. The van der Waals surface area contributed by atoms with Crippen molar-refractivity contribution in [3.63, 3.8) is 0 Å². The fraction of sp³-hybridized carbons (Fsp3) is 0.500. The number of carboxylic acids is 3. The summed E-state index contributed by atoms with van der Waals surface area (Å²) in [6, 6.07) is 0. The van der Waals surface area contributed by atoms with E-state index in [-0.39, 0.29) is 21.7 Å². The summed E-state index contributed by atoms with van der Waals surface area (Å²) in [6.07, 6.45) is -5.07. The van der Waals surface area contributed by atoms with Crippen LogP contribution in [0.1, 0.15) is 12.8 Å². The van der Waals surface area contributed by atoms with Crippen molar-refractivity contribution in [3.05, 3.63) is 11.5 Å². The van der Waals surface area contributed by atoms with E-state index in [0.29, 0.717) is 0 Å². The van der Waals surface area contributed by atoms with E-state index in [2.05, 4.69) is 4.74 Å². The first-order valence-corrected chi connectivity index (χ1v) is 6.37. The van der Waals surface area contributed by atoms with Crippen LogP contribution >= 0.6 is 0 Å². The number of aliphatic hydroxyl groups is 5. The SMILES string of the molecule is O=C(O)CC(O)(CC(=O)O)C(=O)O.O=C1O[C@H]([C@@H](O)CO)C(O)=C1O.[Ti]. The maximum absolute atomic E-state index is 10.5. The van der Waals surface area contributed by atoms with Crippen molar-refractivity contribution in [3.8, 4) is 0 Å². The van der Waals surface area contributed by atoms with Crippen molar-refractivity contribution in [2.75, 3.05) is 6.61 Å². The first kappa shape index (κ1) is 26.0. The van der Waals surface area contributed by atoms with Crippen LogP contribution in [0.5, 0.6) is 0 Å². The van der Waals surface area contributed by atoms with Crippen LogP contribution in [-0.2, 0) is 45.6 Å². The molecule has 2 atom stereocenters. The molecule has 14 heteroatoms. The zero-order valence-electron chi connectivity index (χ0n) is 12.9. The Labute approximate surface area is 159 Å². The van der Waals surface area contributed by atoms with E-state index in [1.807, 2.05) is 0 Å². The fourth-order valence-electron chi connectivity index (χ4n) is 1.54. The topological polar surface area (TPSA) is 239 Å². The van der Waals surface area contributed by atoms with Gasteiger partial charge in [-0.1, -0.05) is 0 Å². The summed E-state index contributed by atoms with van der Waals surface area (Å²) in [4.78, 5) is 41.0. The Hall–Kier alpha value is -2.19. The van der Waals surface area contributed by atoms with E-state index in [0.717, 1.165) is 0 Å². The van der Waals surface area contributed by atoms with Crippen molar-refractivity contribution in [1.82, 2.24) is 0 Å². The van der Waals surface area contributed by atoms with Gasteiger partial charge in [-0.3, -0.25) is 9.59 Å². The molecule has 0 spiro atoms. The molecule has 0 bridgehead atoms. The minimum Gasteiger partial charge on any atom is -0.505 e. The third-order valence-corrected chi connectivity index (χ3v) is 2.76. The molecule has 1 aliphatic heterocycles. The molecule has 1 rings (SSSR count). The first-order valence-electron chi connectivity index (χ1n) is 6.37. The number of carbonyl (C=O) groups is 4. The summed E-state index contributed by atoms with van der Waals surface area (Å²) in [5.41, 5.74) is -2.74. The van der Waals surface area contributed by atoms with E-state index >= 15 is 0 Å². The molecule has 0 aliphatic carbocycles. The summed E-state index contributed by atoms with van der Waals surface area (Å²) in [7, 11) is 0. The van der Waals surface area contributed by atoms with Gasteiger partial charge in [0, 0.05) is 21.7 Å². The minimum absolute atomic E-state index is 0. The minimum atomic E-state index is -2.74. The van der Waals surface area contributed by atoms with Gasteiger partial charge in [-0.25, -0.2) is 9.59 Å². The van der Waals surface area contributed by atoms with E-state index in [1.165, 1.54) is 0 Å². The van der Waals surface area contributed by atoms with Gasteiger partial charge in [0.15, 0.2) is 17.5 Å². The molecule has 8 N–H and O–H groups in total. The third-order valence-electron chi connectivity index (χ3n) is 2.76. The normalized spacial score (nSPS) is 17.3. The average molecular weight is 416 g/mol. The van der Waals surface area contributed by atoms with Crippen molar-refractivity contribution in [1.29, 1.82) is 0 Å². The Morgan fingerprint density at radius 3 is 1.73 bits per heavy atom. The molecule has 0 aromatic rings. The molecule has 13 nitrogen and oxygen atoms in total. The Kier molecular flexibility index (Phi) is 10.7. The number of carboxylic acid groups (broad SMARTS) is 3. The Balaban J connectivity index is 0. The van der Waals surface area contributed by atoms with Gasteiger partial charge >= 0.3 is 23.9 Å². The zero-order chi connectivity index (χ0) is 19.9. The summed E-state index contributed by atoms with van der Waals surface area (Å²) < 4.78 is 4.32. The zero-order valence-corrected chi connectivity index (χ0v) is 14.5. The molecule has 0 radical (unpaired) electrons. The number of esters is 1. The third kappa shape index (κ3) is 7.37. The molecule has 146 valence electrons. The van der Waals surface area contributed by atoms with Gasteiger partial charge < -0.3 is 45.6 Å². The molecule has 0 saturated carbocycles. The van der Waals surface area contributed by atoms with Gasteiger partial charge in [-0.15, -0.1) is 0 Å². The summed E-state index contributed by atoms with van der Waals surface area (Å²) in [5, 5.41) is 68.9. The molecule has 26 heavy (non-hydrogen) atoms. The smallest absolute Gasteiger partial charge is 0.377 e. The number of aliphatic hydroxyl groups excluding tert-OH is 4. The van der Waals surface area contributed by atoms with Gasteiger partial charge in [0.2, 0.25) is 5.76 Å². The predicted molar refractivity (Wildman–Crippen MR) is 72.3 cm³/mol. The number of aliphatic carboxylic acids is 3. The molecular formula is C12H16O13Ti. The van der Waals surface area contributed by atoms with Crippen molar-refractivity contribution < 1.29 is 86.5 Å². The van der Waals surface area contributed by atoms with Gasteiger partial charge in [0.1, 0.15) is 6.10 Å². The van der Waals surface area contributed by atoms with Crippen LogP contribution in [-0.4, -0.2) is 89.1 Å². The van der Waals surface area contributed by atoms with E-state index in [9.17, 15) is 19.2 Å². The monoisotopic (exact) mass is 416 g/mol. The van der Waals surface area contributed by atoms with Crippen LogP contribution in [0.3, 0.4) is 0 Å². The first-order chi connectivity index (χ1) is 11.4. The van der Waals surface area contributed by atoms with E-state index < -0.39 is 72.7 Å². The van der Waals surface area contributed by atoms with Crippen LogP contribution in [0.4, 0.5) is 0 Å². The van der Waals surface area contributed by atoms with Gasteiger partial charge in [0.05, 0.1) is 19.4 Å². The molecule has 0 amide bonds. The molecular weight excluding hydrogens is 400 g/mol. The number of cyclic esters (lactones) is 1. The second kappa shape index (κ2) is 10.7. The predicted octanol–water partition coefficient (Wildman–Crippen LogP) is -2.66.